The summed E-state index contributed by atoms with van der Waals surface area (Å²) in [6.45, 7) is 4.32. The molecule has 3 N–H and O–H groups in total. The number of hydrogen-bond donors (Lipinski definition) is 2. The van der Waals surface area contributed by atoms with Crippen molar-refractivity contribution in [1.82, 2.24) is 5.32 Å². The van der Waals surface area contributed by atoms with Crippen molar-refractivity contribution in [3.63, 3.8) is 0 Å². The molecule has 0 aliphatic rings. The van der Waals surface area contributed by atoms with Crippen molar-refractivity contribution >= 4 is 23.4 Å². The van der Waals surface area contributed by atoms with Gasteiger partial charge in [0.25, 0.3) is 5.91 Å². The molecule has 0 saturated heterocycles. The predicted octanol–water partition coefficient (Wildman–Crippen LogP) is 2.42. The third-order valence-electron chi connectivity index (χ3n) is 2.57. The molecule has 0 aliphatic carbocycles. The molecular weight excluding hydrogens is 258 g/mol. The largest absolute Gasteiger partial charge is 0.394 e. The zero-order valence-corrected chi connectivity index (χ0v) is 11.3. The summed E-state index contributed by atoms with van der Waals surface area (Å²) in [7, 11) is 0. The topological polar surface area (TPSA) is 55.1 Å². The Morgan fingerprint density at radius 3 is 2.33 bits per heavy atom. The molecule has 100 valence electrons. The van der Waals surface area contributed by atoms with Crippen molar-refractivity contribution in [2.45, 2.75) is 18.6 Å². The van der Waals surface area contributed by atoms with Crippen LogP contribution in [0.25, 0.3) is 0 Å². The van der Waals surface area contributed by atoms with Gasteiger partial charge in [-0.2, -0.15) is 11.8 Å². The third kappa shape index (κ3) is 3.60. The van der Waals surface area contributed by atoms with Gasteiger partial charge >= 0.3 is 0 Å². The average molecular weight is 274 g/mol. The second kappa shape index (κ2) is 5.56. The molecule has 0 aliphatic heterocycles. The van der Waals surface area contributed by atoms with Crippen molar-refractivity contribution in [2.24, 2.45) is 0 Å². The van der Waals surface area contributed by atoms with E-state index in [9.17, 15) is 13.6 Å². The summed E-state index contributed by atoms with van der Waals surface area (Å²) in [6.07, 6.45) is 1.93. The predicted molar refractivity (Wildman–Crippen MR) is 70.7 cm³/mol. The zero-order chi connectivity index (χ0) is 13.9. The molecule has 0 fully saturated rings. The fourth-order valence-electron chi connectivity index (χ4n) is 1.18. The van der Waals surface area contributed by atoms with E-state index >= 15 is 0 Å². The number of nitrogen functional groups attached to an aromatic ring is 1. The number of carbonyl (C=O) groups excluding carboxylic acids is 1. The molecule has 0 spiro atoms. The minimum Gasteiger partial charge on any atom is -0.394 e. The summed E-state index contributed by atoms with van der Waals surface area (Å²) < 4.78 is 26.2. The average Bonchev–Trinajstić information content (AvgIpc) is 2.32. The maximum absolute atomic E-state index is 13.2. The van der Waals surface area contributed by atoms with Crippen LogP contribution in [0, 0.1) is 11.6 Å². The van der Waals surface area contributed by atoms with E-state index in [0.717, 1.165) is 12.1 Å². The number of benzene rings is 1. The lowest BCUT2D eigenvalue weighted by Crippen LogP contribution is -2.36. The van der Waals surface area contributed by atoms with Crippen LogP contribution in [0.2, 0.25) is 0 Å². The van der Waals surface area contributed by atoms with E-state index in [1.165, 1.54) is 0 Å². The Bertz CT molecular complexity index is 440. The smallest absolute Gasteiger partial charge is 0.251 e. The van der Waals surface area contributed by atoms with Crippen LogP contribution in [0.5, 0.6) is 0 Å². The molecule has 0 aromatic heterocycles. The highest BCUT2D eigenvalue weighted by Crippen LogP contribution is 2.20. The van der Waals surface area contributed by atoms with Gasteiger partial charge in [-0.05, 0) is 32.2 Å². The first-order chi connectivity index (χ1) is 8.26. The van der Waals surface area contributed by atoms with Crippen LogP contribution in [-0.4, -0.2) is 23.5 Å². The van der Waals surface area contributed by atoms with Crippen LogP contribution in [0.4, 0.5) is 14.5 Å². The minimum atomic E-state index is -0.927. The van der Waals surface area contributed by atoms with Crippen molar-refractivity contribution in [1.29, 1.82) is 0 Å². The lowest BCUT2D eigenvalue weighted by molar-refractivity contribution is 0.0950. The van der Waals surface area contributed by atoms with E-state index in [0.29, 0.717) is 6.54 Å². The lowest BCUT2D eigenvalue weighted by Gasteiger charge is -2.22. The minimum absolute atomic E-state index is 0.0731. The summed E-state index contributed by atoms with van der Waals surface area (Å²) in [6, 6.07) is 1.86. The molecule has 1 aromatic rings. The maximum atomic E-state index is 13.2. The number of thioether (sulfide) groups is 1. The summed E-state index contributed by atoms with van der Waals surface area (Å²) >= 11 is 1.59. The van der Waals surface area contributed by atoms with Gasteiger partial charge in [0.05, 0.1) is 0 Å². The monoisotopic (exact) mass is 274 g/mol. The molecule has 0 atom stereocenters. The lowest BCUT2D eigenvalue weighted by atomic mass is 10.1. The van der Waals surface area contributed by atoms with Gasteiger partial charge < -0.3 is 11.1 Å². The molecule has 0 bridgehead atoms. The number of rotatable bonds is 4. The first-order valence-corrected chi connectivity index (χ1v) is 6.57. The Morgan fingerprint density at radius 2 is 1.89 bits per heavy atom. The molecule has 0 radical (unpaired) electrons. The Morgan fingerprint density at radius 1 is 1.39 bits per heavy atom. The van der Waals surface area contributed by atoms with E-state index in [4.69, 9.17) is 5.73 Å². The van der Waals surface area contributed by atoms with Crippen LogP contribution in [0.15, 0.2) is 12.1 Å². The maximum Gasteiger partial charge on any atom is 0.251 e. The molecule has 6 heteroatoms. The first kappa shape index (κ1) is 14.8. The van der Waals surface area contributed by atoms with Gasteiger partial charge in [-0.25, -0.2) is 8.78 Å². The Balaban J connectivity index is 2.80. The summed E-state index contributed by atoms with van der Waals surface area (Å²) in [5.74, 6) is -2.37. The number of carbonyl (C=O) groups is 1. The first-order valence-electron chi connectivity index (χ1n) is 5.34. The SMILES string of the molecule is CSC(C)(C)CNC(=O)c1cc(F)c(N)c(F)c1. The summed E-state index contributed by atoms with van der Waals surface area (Å²) in [5.41, 5.74) is 4.48. The molecular formula is C12H16F2N2OS. The van der Waals surface area contributed by atoms with Crippen LogP contribution < -0.4 is 11.1 Å². The molecule has 1 rings (SSSR count). The summed E-state index contributed by atoms with van der Waals surface area (Å²) in [5, 5.41) is 2.63. The normalized spacial score (nSPS) is 11.4. The van der Waals surface area contributed by atoms with E-state index in [1.54, 1.807) is 11.8 Å². The molecule has 1 aromatic carbocycles. The Labute approximate surface area is 109 Å². The van der Waals surface area contributed by atoms with E-state index in [1.807, 2.05) is 20.1 Å². The van der Waals surface area contributed by atoms with Gasteiger partial charge in [-0.3, -0.25) is 4.79 Å². The van der Waals surface area contributed by atoms with Gasteiger partial charge in [0.1, 0.15) is 17.3 Å². The van der Waals surface area contributed by atoms with Gasteiger partial charge in [0, 0.05) is 16.9 Å². The number of halogens is 2. The number of nitrogens with two attached hydrogens (primary N) is 1. The molecule has 0 unspecified atom stereocenters. The third-order valence-corrected chi connectivity index (χ3v) is 3.82. The molecule has 3 nitrogen and oxygen atoms in total. The molecule has 1 amide bonds. The van der Waals surface area contributed by atoms with Gasteiger partial charge in [-0.1, -0.05) is 0 Å². The second-order valence-corrected chi connectivity index (χ2v) is 6.01. The fourth-order valence-corrected chi connectivity index (χ4v) is 1.40. The fraction of sp³-hybridized carbons (Fsp3) is 0.417. The van der Waals surface area contributed by atoms with Crippen molar-refractivity contribution in [2.75, 3.05) is 18.5 Å². The molecule has 0 heterocycles. The van der Waals surface area contributed by atoms with Gasteiger partial charge in [0.15, 0.2) is 0 Å². The van der Waals surface area contributed by atoms with Gasteiger partial charge in [-0.15, -0.1) is 0 Å². The van der Waals surface area contributed by atoms with E-state index in [-0.39, 0.29) is 10.3 Å². The quantitative estimate of drug-likeness (QED) is 0.829. The number of amides is 1. The van der Waals surface area contributed by atoms with Crippen molar-refractivity contribution in [3.8, 4) is 0 Å². The van der Waals surface area contributed by atoms with Crippen molar-refractivity contribution in [3.05, 3.63) is 29.3 Å². The number of anilines is 1. The Kier molecular flexibility index (Phi) is 4.56. The van der Waals surface area contributed by atoms with Crippen molar-refractivity contribution < 1.29 is 13.6 Å². The molecule has 0 saturated carbocycles. The Hall–Kier alpha value is -1.30. The van der Waals surface area contributed by atoms with Gasteiger partial charge in [0.2, 0.25) is 0 Å². The van der Waals surface area contributed by atoms with Crippen LogP contribution in [0.1, 0.15) is 24.2 Å². The van der Waals surface area contributed by atoms with Crippen LogP contribution in [0.3, 0.4) is 0 Å². The molecule has 18 heavy (non-hydrogen) atoms. The van der Waals surface area contributed by atoms with E-state index in [2.05, 4.69) is 5.32 Å². The highest BCUT2D eigenvalue weighted by atomic mass is 32.2. The van der Waals surface area contributed by atoms with Crippen LogP contribution >= 0.6 is 11.8 Å². The number of nitrogens with one attached hydrogen (secondary N) is 1. The zero-order valence-electron chi connectivity index (χ0n) is 10.5. The number of hydrogen-bond acceptors (Lipinski definition) is 3. The van der Waals surface area contributed by atoms with E-state index < -0.39 is 23.2 Å². The highest BCUT2D eigenvalue weighted by Gasteiger charge is 2.18. The standard InChI is InChI=1S/C12H16F2N2OS/c1-12(2,18-3)6-16-11(17)7-4-8(13)10(15)9(14)5-7/h4-5H,6,15H2,1-3H3,(H,16,17). The highest BCUT2D eigenvalue weighted by molar-refractivity contribution is 7.99. The summed E-state index contributed by atoms with van der Waals surface area (Å²) in [4.78, 5) is 11.7. The second-order valence-electron chi connectivity index (χ2n) is 4.50. The van der Waals surface area contributed by atoms with Crippen LogP contribution in [-0.2, 0) is 0 Å².